The third kappa shape index (κ3) is 2.36. The van der Waals surface area contributed by atoms with Gasteiger partial charge in [-0.2, -0.15) is 0 Å². The van der Waals surface area contributed by atoms with Crippen molar-refractivity contribution in [3.8, 4) is 11.5 Å². The third-order valence-electron chi connectivity index (χ3n) is 2.28. The highest BCUT2D eigenvalue weighted by Crippen LogP contribution is 2.38. The minimum absolute atomic E-state index is 0.530. The first-order chi connectivity index (χ1) is 7.15. The predicted molar refractivity (Wildman–Crippen MR) is 62.1 cm³/mol. The number of hydrogen-bond donors (Lipinski definition) is 1. The van der Waals surface area contributed by atoms with Crippen molar-refractivity contribution in [1.29, 1.82) is 0 Å². The minimum Gasteiger partial charge on any atom is -0.493 e. The van der Waals surface area contributed by atoms with Gasteiger partial charge in [-0.15, -0.1) is 0 Å². The van der Waals surface area contributed by atoms with E-state index in [1.807, 2.05) is 13.0 Å². The Morgan fingerprint density at radius 2 is 2.00 bits per heavy atom. The van der Waals surface area contributed by atoms with Gasteiger partial charge in [0.15, 0.2) is 11.5 Å². The Balaban J connectivity index is 3.35. The number of methoxy groups -OCH3 is 2. The molecule has 0 atom stereocenters. The largest absolute Gasteiger partial charge is 0.493 e. The number of rotatable bonds is 4. The van der Waals surface area contributed by atoms with Gasteiger partial charge in [-0.25, -0.2) is 0 Å². The Hall–Kier alpha value is -0.930. The molecule has 0 aliphatic heterocycles. The maximum atomic E-state index is 6.19. The van der Waals surface area contributed by atoms with Crippen molar-refractivity contribution in [2.75, 3.05) is 20.8 Å². The van der Waals surface area contributed by atoms with Crippen LogP contribution in [0.3, 0.4) is 0 Å². The quantitative estimate of drug-likeness (QED) is 0.861. The molecule has 0 saturated heterocycles. The summed E-state index contributed by atoms with van der Waals surface area (Å²) in [5, 5.41) is 0.707. The van der Waals surface area contributed by atoms with Gasteiger partial charge in [0.2, 0.25) is 0 Å². The highest BCUT2D eigenvalue weighted by molar-refractivity contribution is 6.32. The van der Waals surface area contributed by atoms with Crippen molar-refractivity contribution in [1.82, 2.24) is 0 Å². The molecule has 3 nitrogen and oxygen atoms in total. The van der Waals surface area contributed by atoms with Crippen molar-refractivity contribution in [2.24, 2.45) is 5.73 Å². The molecule has 0 saturated carbocycles. The summed E-state index contributed by atoms with van der Waals surface area (Å²) >= 11 is 6.19. The molecular formula is C11H16ClNO2. The molecule has 0 fully saturated rings. The number of nitrogens with two attached hydrogens (primary N) is 1. The molecule has 1 aromatic rings. The van der Waals surface area contributed by atoms with E-state index in [0.717, 1.165) is 11.1 Å². The van der Waals surface area contributed by atoms with Crippen molar-refractivity contribution in [2.45, 2.75) is 13.3 Å². The van der Waals surface area contributed by atoms with E-state index in [4.69, 9.17) is 26.8 Å². The lowest BCUT2D eigenvalue weighted by Crippen LogP contribution is -2.06. The molecule has 1 aromatic carbocycles. The van der Waals surface area contributed by atoms with Crippen LogP contribution in [0.2, 0.25) is 5.02 Å². The Kier molecular flexibility index (Phi) is 4.24. The zero-order valence-corrected chi connectivity index (χ0v) is 10.0. The summed E-state index contributed by atoms with van der Waals surface area (Å²) < 4.78 is 10.5. The van der Waals surface area contributed by atoms with E-state index in [0.29, 0.717) is 29.5 Å². The standard InChI is InChI=1S/C11H16ClNO2/c1-7-6-9(14-2)11(15-3)8(4-5-13)10(7)12/h6H,4-5,13H2,1-3H3. The van der Waals surface area contributed by atoms with Gasteiger partial charge in [0.1, 0.15) is 0 Å². The average Bonchev–Trinajstić information content (AvgIpc) is 2.24. The van der Waals surface area contributed by atoms with E-state index < -0.39 is 0 Å². The summed E-state index contributed by atoms with van der Waals surface area (Å²) in [6.07, 6.45) is 0.681. The Morgan fingerprint density at radius 3 is 2.47 bits per heavy atom. The lowest BCUT2D eigenvalue weighted by Gasteiger charge is -2.15. The zero-order chi connectivity index (χ0) is 11.4. The lowest BCUT2D eigenvalue weighted by atomic mass is 10.1. The molecule has 4 heteroatoms. The smallest absolute Gasteiger partial charge is 0.165 e. The van der Waals surface area contributed by atoms with E-state index in [1.54, 1.807) is 14.2 Å². The van der Waals surface area contributed by atoms with E-state index in [9.17, 15) is 0 Å². The van der Waals surface area contributed by atoms with Gasteiger partial charge in [-0.3, -0.25) is 0 Å². The Labute approximate surface area is 95.1 Å². The van der Waals surface area contributed by atoms with Crippen molar-refractivity contribution in [3.05, 3.63) is 22.2 Å². The summed E-state index contributed by atoms with van der Waals surface area (Å²) in [7, 11) is 3.21. The van der Waals surface area contributed by atoms with Crippen molar-refractivity contribution in [3.63, 3.8) is 0 Å². The molecule has 0 radical (unpaired) electrons. The van der Waals surface area contributed by atoms with Crippen LogP contribution in [0.15, 0.2) is 6.07 Å². The lowest BCUT2D eigenvalue weighted by molar-refractivity contribution is 0.351. The van der Waals surface area contributed by atoms with Crippen LogP contribution >= 0.6 is 11.6 Å². The first-order valence-electron chi connectivity index (χ1n) is 4.75. The monoisotopic (exact) mass is 229 g/mol. The molecule has 0 spiro atoms. The number of benzene rings is 1. The third-order valence-corrected chi connectivity index (χ3v) is 2.80. The van der Waals surface area contributed by atoms with Gasteiger partial charge in [-0.1, -0.05) is 11.6 Å². The number of halogens is 1. The van der Waals surface area contributed by atoms with Crippen LogP contribution in [0.4, 0.5) is 0 Å². The fraction of sp³-hybridized carbons (Fsp3) is 0.455. The summed E-state index contributed by atoms with van der Waals surface area (Å²) in [4.78, 5) is 0. The summed E-state index contributed by atoms with van der Waals surface area (Å²) in [5.41, 5.74) is 7.43. The fourth-order valence-electron chi connectivity index (χ4n) is 1.55. The van der Waals surface area contributed by atoms with E-state index in [2.05, 4.69) is 0 Å². The molecule has 1 rings (SSSR count). The SMILES string of the molecule is COc1cc(C)c(Cl)c(CCN)c1OC. The number of hydrogen-bond acceptors (Lipinski definition) is 3. The van der Waals surface area contributed by atoms with Crippen LogP contribution in [0.1, 0.15) is 11.1 Å². The molecule has 0 bridgehead atoms. The second kappa shape index (κ2) is 5.24. The van der Waals surface area contributed by atoms with Gasteiger partial charge < -0.3 is 15.2 Å². The molecule has 84 valence electrons. The van der Waals surface area contributed by atoms with Gasteiger partial charge in [0, 0.05) is 5.56 Å². The highest BCUT2D eigenvalue weighted by atomic mass is 35.5. The maximum Gasteiger partial charge on any atom is 0.165 e. The van der Waals surface area contributed by atoms with Crippen molar-refractivity contribution < 1.29 is 9.47 Å². The molecule has 0 amide bonds. The molecule has 0 unspecified atom stereocenters. The van der Waals surface area contributed by atoms with Crippen LogP contribution in [0.25, 0.3) is 0 Å². The first-order valence-corrected chi connectivity index (χ1v) is 5.13. The summed E-state index contributed by atoms with van der Waals surface area (Å²) in [5.74, 6) is 1.38. The average molecular weight is 230 g/mol. The Morgan fingerprint density at radius 1 is 1.33 bits per heavy atom. The highest BCUT2D eigenvalue weighted by Gasteiger charge is 2.15. The van der Waals surface area contributed by atoms with E-state index >= 15 is 0 Å². The van der Waals surface area contributed by atoms with Crippen LogP contribution in [-0.4, -0.2) is 20.8 Å². The normalized spacial score (nSPS) is 10.2. The molecule has 0 heterocycles. The zero-order valence-electron chi connectivity index (χ0n) is 9.26. The fourth-order valence-corrected chi connectivity index (χ4v) is 1.79. The summed E-state index contributed by atoms with van der Waals surface area (Å²) in [6.45, 7) is 2.47. The molecule has 0 aromatic heterocycles. The maximum absolute atomic E-state index is 6.19. The van der Waals surface area contributed by atoms with Gasteiger partial charge >= 0.3 is 0 Å². The second-order valence-electron chi connectivity index (χ2n) is 3.26. The summed E-state index contributed by atoms with van der Waals surface area (Å²) in [6, 6.07) is 1.86. The minimum atomic E-state index is 0.530. The van der Waals surface area contributed by atoms with Gasteiger partial charge in [0.25, 0.3) is 0 Å². The van der Waals surface area contributed by atoms with Crippen LogP contribution in [0, 0.1) is 6.92 Å². The van der Waals surface area contributed by atoms with Gasteiger partial charge in [-0.05, 0) is 31.5 Å². The molecular weight excluding hydrogens is 214 g/mol. The number of aryl methyl sites for hydroxylation is 1. The molecule has 2 N–H and O–H groups in total. The van der Waals surface area contributed by atoms with E-state index in [1.165, 1.54) is 0 Å². The molecule has 0 aliphatic rings. The Bertz CT molecular complexity index is 353. The second-order valence-corrected chi connectivity index (χ2v) is 3.64. The van der Waals surface area contributed by atoms with Crippen LogP contribution in [-0.2, 0) is 6.42 Å². The van der Waals surface area contributed by atoms with E-state index in [-0.39, 0.29) is 0 Å². The topological polar surface area (TPSA) is 44.5 Å². The molecule has 15 heavy (non-hydrogen) atoms. The van der Waals surface area contributed by atoms with Crippen LogP contribution < -0.4 is 15.2 Å². The van der Waals surface area contributed by atoms with Crippen molar-refractivity contribution >= 4 is 11.6 Å². The first kappa shape index (κ1) is 12.1. The predicted octanol–water partition coefficient (Wildman–Crippen LogP) is 2.17. The number of ether oxygens (including phenoxy) is 2. The van der Waals surface area contributed by atoms with Crippen LogP contribution in [0.5, 0.6) is 11.5 Å². The van der Waals surface area contributed by atoms with Gasteiger partial charge in [0.05, 0.1) is 19.2 Å². The molecule has 0 aliphatic carbocycles.